The van der Waals surface area contributed by atoms with Crippen LogP contribution in [0.15, 0.2) is 48.5 Å². The topological polar surface area (TPSA) is 38.3 Å². The van der Waals surface area contributed by atoms with Crippen molar-refractivity contribution in [3.8, 4) is 5.75 Å². The highest BCUT2D eigenvalue weighted by Crippen LogP contribution is 2.19. The van der Waals surface area contributed by atoms with E-state index >= 15 is 0 Å². The van der Waals surface area contributed by atoms with E-state index in [2.05, 4.69) is 21.2 Å². The van der Waals surface area contributed by atoms with E-state index in [1.54, 1.807) is 31.4 Å². The fourth-order valence-electron chi connectivity index (χ4n) is 1.70. The number of rotatable bonds is 4. The molecule has 0 atom stereocenters. The van der Waals surface area contributed by atoms with Gasteiger partial charge in [0.2, 0.25) is 0 Å². The Kier molecular flexibility index (Phi) is 4.58. The van der Waals surface area contributed by atoms with Gasteiger partial charge in [-0.1, -0.05) is 34.1 Å². The minimum absolute atomic E-state index is 0.129. The predicted octanol–water partition coefficient (Wildman–Crippen LogP) is 3.84. The molecule has 0 aliphatic heterocycles. The third-order valence-electron chi connectivity index (χ3n) is 2.76. The maximum atomic E-state index is 12.1. The summed E-state index contributed by atoms with van der Waals surface area (Å²) in [4.78, 5) is 12.1. The Bertz CT molecular complexity index is 567. The molecule has 1 amide bonds. The lowest BCUT2D eigenvalue weighted by Gasteiger charge is -2.09. The van der Waals surface area contributed by atoms with Crippen molar-refractivity contribution < 1.29 is 9.53 Å². The van der Waals surface area contributed by atoms with E-state index in [0.29, 0.717) is 10.9 Å². The number of halogens is 1. The van der Waals surface area contributed by atoms with E-state index in [0.717, 1.165) is 17.0 Å². The van der Waals surface area contributed by atoms with Crippen molar-refractivity contribution in [2.45, 2.75) is 5.33 Å². The number of benzene rings is 2. The van der Waals surface area contributed by atoms with Crippen molar-refractivity contribution in [3.63, 3.8) is 0 Å². The lowest BCUT2D eigenvalue weighted by Crippen LogP contribution is -2.12. The number of para-hydroxylation sites is 1. The third-order valence-corrected chi connectivity index (χ3v) is 3.37. The lowest BCUT2D eigenvalue weighted by atomic mass is 10.1. The van der Waals surface area contributed by atoms with E-state index in [1.807, 2.05) is 24.3 Å². The van der Waals surface area contributed by atoms with Crippen LogP contribution in [0.5, 0.6) is 5.75 Å². The molecule has 0 radical (unpaired) electrons. The van der Waals surface area contributed by atoms with E-state index in [4.69, 9.17) is 4.74 Å². The Balaban J connectivity index is 2.16. The third kappa shape index (κ3) is 3.35. The average molecular weight is 320 g/mol. The Morgan fingerprint density at radius 2 is 1.84 bits per heavy atom. The van der Waals surface area contributed by atoms with Crippen molar-refractivity contribution in [3.05, 3.63) is 59.7 Å². The molecule has 0 aliphatic carbocycles. The molecule has 0 fully saturated rings. The van der Waals surface area contributed by atoms with Crippen molar-refractivity contribution in [2.75, 3.05) is 12.4 Å². The van der Waals surface area contributed by atoms with Crippen LogP contribution in [0.4, 0.5) is 5.69 Å². The number of ether oxygens (including phenoxy) is 1. The highest BCUT2D eigenvalue weighted by molar-refractivity contribution is 9.08. The minimum Gasteiger partial charge on any atom is -0.497 e. The first-order valence-corrected chi connectivity index (χ1v) is 6.96. The molecule has 0 bridgehead atoms. The van der Waals surface area contributed by atoms with Gasteiger partial charge < -0.3 is 10.1 Å². The van der Waals surface area contributed by atoms with Gasteiger partial charge in [-0.15, -0.1) is 0 Å². The summed E-state index contributed by atoms with van der Waals surface area (Å²) >= 11 is 3.41. The Labute approximate surface area is 120 Å². The summed E-state index contributed by atoms with van der Waals surface area (Å²) in [6.07, 6.45) is 0. The summed E-state index contributed by atoms with van der Waals surface area (Å²) in [5.41, 5.74) is 2.47. The minimum atomic E-state index is -0.129. The monoisotopic (exact) mass is 319 g/mol. The molecule has 2 rings (SSSR count). The van der Waals surface area contributed by atoms with E-state index in [-0.39, 0.29) is 5.91 Å². The van der Waals surface area contributed by atoms with Gasteiger partial charge in [0.25, 0.3) is 5.91 Å². The number of hydrogen-bond donors (Lipinski definition) is 1. The van der Waals surface area contributed by atoms with Crippen LogP contribution < -0.4 is 10.1 Å². The standard InChI is InChI=1S/C15H14BrNO2/c1-19-13-8-6-11(7-9-13)15(18)17-14-5-3-2-4-12(14)10-16/h2-9H,10H2,1H3,(H,17,18). The molecule has 0 aromatic heterocycles. The summed E-state index contributed by atoms with van der Waals surface area (Å²) < 4.78 is 5.07. The van der Waals surface area contributed by atoms with Crippen LogP contribution in [0.25, 0.3) is 0 Å². The molecule has 0 unspecified atom stereocenters. The predicted molar refractivity (Wildman–Crippen MR) is 80.0 cm³/mol. The summed E-state index contributed by atoms with van der Waals surface area (Å²) in [7, 11) is 1.60. The van der Waals surface area contributed by atoms with Gasteiger partial charge >= 0.3 is 0 Å². The first kappa shape index (κ1) is 13.6. The van der Waals surface area contributed by atoms with Crippen LogP contribution in [0.3, 0.4) is 0 Å². The number of alkyl halides is 1. The molecular formula is C15H14BrNO2. The molecule has 98 valence electrons. The normalized spacial score (nSPS) is 10.0. The Morgan fingerprint density at radius 3 is 2.47 bits per heavy atom. The largest absolute Gasteiger partial charge is 0.497 e. The fraction of sp³-hybridized carbons (Fsp3) is 0.133. The van der Waals surface area contributed by atoms with Crippen molar-refractivity contribution >= 4 is 27.5 Å². The maximum absolute atomic E-state index is 12.1. The van der Waals surface area contributed by atoms with Crippen LogP contribution in [0.2, 0.25) is 0 Å². The molecule has 0 saturated heterocycles. The second-order valence-electron chi connectivity index (χ2n) is 3.97. The van der Waals surface area contributed by atoms with Gasteiger partial charge in [0, 0.05) is 16.6 Å². The van der Waals surface area contributed by atoms with Crippen molar-refractivity contribution in [2.24, 2.45) is 0 Å². The highest BCUT2D eigenvalue weighted by atomic mass is 79.9. The van der Waals surface area contributed by atoms with Gasteiger partial charge in [-0.2, -0.15) is 0 Å². The molecular weight excluding hydrogens is 306 g/mol. The van der Waals surface area contributed by atoms with Gasteiger partial charge in [-0.25, -0.2) is 0 Å². The van der Waals surface area contributed by atoms with Crippen LogP contribution >= 0.6 is 15.9 Å². The second-order valence-corrected chi connectivity index (χ2v) is 4.53. The molecule has 2 aromatic carbocycles. The first-order valence-electron chi connectivity index (χ1n) is 5.84. The number of carbonyl (C=O) groups is 1. The average Bonchev–Trinajstić information content (AvgIpc) is 2.48. The summed E-state index contributed by atoms with van der Waals surface area (Å²) in [6.45, 7) is 0. The van der Waals surface area contributed by atoms with Crippen molar-refractivity contribution in [1.29, 1.82) is 0 Å². The highest BCUT2D eigenvalue weighted by Gasteiger charge is 2.08. The summed E-state index contributed by atoms with van der Waals surface area (Å²) in [5.74, 6) is 0.605. The number of nitrogens with one attached hydrogen (secondary N) is 1. The van der Waals surface area contributed by atoms with Crippen molar-refractivity contribution in [1.82, 2.24) is 0 Å². The number of anilines is 1. The molecule has 0 heterocycles. The van der Waals surface area contributed by atoms with E-state index in [1.165, 1.54) is 0 Å². The molecule has 0 aliphatic rings. The number of carbonyl (C=O) groups excluding carboxylic acids is 1. The zero-order valence-corrected chi connectivity index (χ0v) is 12.1. The van der Waals surface area contributed by atoms with Crippen LogP contribution in [0.1, 0.15) is 15.9 Å². The first-order chi connectivity index (χ1) is 9.24. The van der Waals surface area contributed by atoms with Gasteiger partial charge in [0.05, 0.1) is 7.11 Å². The molecule has 19 heavy (non-hydrogen) atoms. The lowest BCUT2D eigenvalue weighted by molar-refractivity contribution is 0.102. The summed E-state index contributed by atoms with van der Waals surface area (Å²) in [5, 5.41) is 3.61. The second kappa shape index (κ2) is 6.38. The number of hydrogen-bond acceptors (Lipinski definition) is 2. The molecule has 3 nitrogen and oxygen atoms in total. The molecule has 2 aromatic rings. The van der Waals surface area contributed by atoms with E-state index in [9.17, 15) is 4.79 Å². The fourth-order valence-corrected chi connectivity index (χ4v) is 2.18. The zero-order chi connectivity index (χ0) is 13.7. The van der Waals surface area contributed by atoms with Crippen LogP contribution in [-0.2, 0) is 5.33 Å². The summed E-state index contributed by atoms with van der Waals surface area (Å²) in [6, 6.07) is 14.7. The van der Waals surface area contributed by atoms with Gasteiger partial charge in [0.15, 0.2) is 0 Å². The molecule has 0 saturated carbocycles. The molecule has 0 spiro atoms. The number of methoxy groups -OCH3 is 1. The Morgan fingerprint density at radius 1 is 1.16 bits per heavy atom. The van der Waals surface area contributed by atoms with E-state index < -0.39 is 0 Å². The molecule has 4 heteroatoms. The zero-order valence-electron chi connectivity index (χ0n) is 10.5. The number of amides is 1. The van der Waals surface area contributed by atoms with Crippen LogP contribution in [-0.4, -0.2) is 13.0 Å². The van der Waals surface area contributed by atoms with Gasteiger partial charge in [-0.05, 0) is 35.9 Å². The molecule has 1 N–H and O–H groups in total. The Hall–Kier alpha value is -1.81. The maximum Gasteiger partial charge on any atom is 0.255 e. The smallest absolute Gasteiger partial charge is 0.255 e. The quantitative estimate of drug-likeness (QED) is 0.869. The van der Waals surface area contributed by atoms with Gasteiger partial charge in [-0.3, -0.25) is 4.79 Å². The van der Waals surface area contributed by atoms with Gasteiger partial charge in [0.1, 0.15) is 5.75 Å². The van der Waals surface area contributed by atoms with Crippen LogP contribution in [0, 0.1) is 0 Å². The SMILES string of the molecule is COc1ccc(C(=O)Nc2ccccc2CBr)cc1.